The lowest BCUT2D eigenvalue weighted by molar-refractivity contribution is -0.134. The molecule has 25 heavy (non-hydrogen) atoms. The fourth-order valence-electron chi connectivity index (χ4n) is 2.41. The Hall–Kier alpha value is -3.11. The molecule has 0 saturated carbocycles. The predicted octanol–water partition coefficient (Wildman–Crippen LogP) is 4.66. The van der Waals surface area contributed by atoms with E-state index in [1.165, 1.54) is 12.3 Å². The molecule has 124 valence electrons. The van der Waals surface area contributed by atoms with E-state index in [0.717, 1.165) is 11.1 Å². The third-order valence-electron chi connectivity index (χ3n) is 3.46. The number of benzene rings is 2. The first-order chi connectivity index (χ1) is 12.1. The van der Waals surface area contributed by atoms with E-state index in [4.69, 9.17) is 16.3 Å². The summed E-state index contributed by atoms with van der Waals surface area (Å²) in [5, 5.41) is 9.99. The van der Waals surface area contributed by atoms with Crippen LogP contribution in [0.5, 0.6) is 5.75 Å². The van der Waals surface area contributed by atoms with E-state index >= 15 is 0 Å². The van der Waals surface area contributed by atoms with Crippen molar-refractivity contribution in [2.45, 2.75) is 0 Å². The Morgan fingerprint density at radius 3 is 1.96 bits per heavy atom. The van der Waals surface area contributed by atoms with Crippen molar-refractivity contribution in [3.63, 3.8) is 0 Å². The zero-order chi connectivity index (χ0) is 17.6. The lowest BCUT2D eigenvalue weighted by atomic mass is 9.96. The number of carboxylic acids is 1. The molecule has 1 N–H and O–H groups in total. The molecule has 2 aromatic carbocycles. The van der Waals surface area contributed by atoms with Crippen LogP contribution in [0.4, 0.5) is 0 Å². The average Bonchev–Trinajstić information content (AvgIpc) is 2.63. The van der Waals surface area contributed by atoms with Crippen molar-refractivity contribution >= 4 is 23.1 Å². The topological polar surface area (TPSA) is 59.4 Å². The normalized spacial score (nSPS) is 10.1. The Bertz CT molecular complexity index is 867. The summed E-state index contributed by atoms with van der Waals surface area (Å²) in [6.45, 7) is 0. The van der Waals surface area contributed by atoms with Gasteiger partial charge in [0.05, 0.1) is 0 Å². The van der Waals surface area contributed by atoms with Crippen molar-refractivity contribution in [3.8, 4) is 5.75 Å². The Kier molecular flexibility index (Phi) is 5.11. The second-order valence-electron chi connectivity index (χ2n) is 5.16. The van der Waals surface area contributed by atoms with E-state index in [1.807, 2.05) is 60.7 Å². The van der Waals surface area contributed by atoms with E-state index in [0.29, 0.717) is 11.3 Å². The summed E-state index contributed by atoms with van der Waals surface area (Å²) >= 11 is 5.87. The average molecular weight is 352 g/mol. The molecular weight excluding hydrogens is 338 g/mol. The quantitative estimate of drug-likeness (QED) is 0.412. The Morgan fingerprint density at radius 1 is 0.920 bits per heavy atom. The molecule has 0 unspecified atom stereocenters. The number of carboxylic acid groups (broad SMARTS) is 1. The molecule has 0 fully saturated rings. The molecule has 0 bridgehead atoms. The van der Waals surface area contributed by atoms with Gasteiger partial charge in [-0.3, -0.25) is 0 Å². The fraction of sp³-hybridized carbons (Fsp3) is 0. The molecule has 3 rings (SSSR count). The van der Waals surface area contributed by atoms with E-state index in [9.17, 15) is 9.90 Å². The largest absolute Gasteiger partial charge is 0.475 e. The highest BCUT2D eigenvalue weighted by Gasteiger charge is 2.20. The minimum absolute atomic E-state index is 0.181. The highest BCUT2D eigenvalue weighted by molar-refractivity contribution is 6.29. The number of aromatic nitrogens is 1. The molecule has 4 nitrogen and oxygen atoms in total. The van der Waals surface area contributed by atoms with Gasteiger partial charge in [-0.05, 0) is 17.2 Å². The number of halogens is 1. The molecule has 5 heteroatoms. The van der Waals surface area contributed by atoms with Gasteiger partial charge < -0.3 is 9.84 Å². The van der Waals surface area contributed by atoms with E-state index in [-0.39, 0.29) is 10.9 Å². The number of hydrogen-bond acceptors (Lipinski definition) is 3. The highest BCUT2D eigenvalue weighted by Crippen LogP contribution is 2.29. The van der Waals surface area contributed by atoms with Crippen LogP contribution in [0.3, 0.4) is 0 Å². The van der Waals surface area contributed by atoms with Gasteiger partial charge in [0, 0.05) is 17.8 Å². The lowest BCUT2D eigenvalue weighted by Gasteiger charge is -2.14. The molecular formula is C20H14ClNO3. The van der Waals surface area contributed by atoms with Gasteiger partial charge in [-0.15, -0.1) is 0 Å². The van der Waals surface area contributed by atoms with Gasteiger partial charge >= 0.3 is 5.97 Å². The fourth-order valence-corrected chi connectivity index (χ4v) is 2.57. The molecule has 0 amide bonds. The lowest BCUT2D eigenvalue weighted by Crippen LogP contribution is -2.12. The smallest absolute Gasteiger partial charge is 0.372 e. The Morgan fingerprint density at radius 2 is 1.48 bits per heavy atom. The summed E-state index contributed by atoms with van der Waals surface area (Å²) in [4.78, 5) is 15.8. The number of carbonyl (C=O) groups is 1. The maximum Gasteiger partial charge on any atom is 0.372 e. The molecule has 0 spiro atoms. The predicted molar refractivity (Wildman–Crippen MR) is 96.4 cm³/mol. The highest BCUT2D eigenvalue weighted by atomic mass is 35.5. The third-order valence-corrected chi connectivity index (χ3v) is 3.67. The minimum Gasteiger partial charge on any atom is -0.475 e. The first-order valence-electron chi connectivity index (χ1n) is 7.53. The molecule has 0 aliphatic carbocycles. The van der Waals surface area contributed by atoms with Crippen LogP contribution < -0.4 is 4.74 Å². The van der Waals surface area contributed by atoms with Gasteiger partial charge in [-0.2, -0.15) is 0 Å². The second kappa shape index (κ2) is 7.64. The molecule has 3 aromatic rings. The van der Waals surface area contributed by atoms with Crippen LogP contribution in [0.2, 0.25) is 5.15 Å². The summed E-state index contributed by atoms with van der Waals surface area (Å²) in [6, 6.07) is 21.5. The van der Waals surface area contributed by atoms with Gasteiger partial charge in [-0.1, -0.05) is 72.3 Å². The van der Waals surface area contributed by atoms with Crippen molar-refractivity contribution in [2.75, 3.05) is 0 Å². The van der Waals surface area contributed by atoms with Crippen molar-refractivity contribution in [1.29, 1.82) is 0 Å². The van der Waals surface area contributed by atoms with Crippen LogP contribution in [-0.4, -0.2) is 16.1 Å². The first kappa shape index (κ1) is 16.7. The summed E-state index contributed by atoms with van der Waals surface area (Å²) in [7, 11) is 0. The number of nitrogens with zero attached hydrogens (tertiary/aromatic N) is 1. The standard InChI is InChI=1S/C20H14ClNO3/c21-17-13-16(11-12-22-17)25-19(20(23)24)18(14-7-3-1-4-8-14)15-9-5-2-6-10-15/h1-13H,(H,23,24). The van der Waals surface area contributed by atoms with Crippen LogP contribution in [-0.2, 0) is 4.79 Å². The van der Waals surface area contributed by atoms with Gasteiger partial charge in [-0.25, -0.2) is 9.78 Å². The second-order valence-corrected chi connectivity index (χ2v) is 5.54. The number of hydrogen-bond donors (Lipinski definition) is 1. The van der Waals surface area contributed by atoms with E-state index in [1.54, 1.807) is 6.07 Å². The number of aliphatic carboxylic acids is 1. The van der Waals surface area contributed by atoms with Gasteiger partial charge in [0.25, 0.3) is 0 Å². The third kappa shape index (κ3) is 4.05. The molecule has 1 aromatic heterocycles. The van der Waals surface area contributed by atoms with Crippen LogP contribution in [0.1, 0.15) is 11.1 Å². The van der Waals surface area contributed by atoms with Crippen LogP contribution in [0.15, 0.2) is 84.8 Å². The van der Waals surface area contributed by atoms with Crippen molar-refractivity contribution in [1.82, 2.24) is 4.98 Å². The Labute approximate surface area is 150 Å². The number of rotatable bonds is 5. The van der Waals surface area contributed by atoms with Crippen molar-refractivity contribution in [2.24, 2.45) is 0 Å². The molecule has 0 radical (unpaired) electrons. The first-order valence-corrected chi connectivity index (χ1v) is 7.91. The maximum absolute atomic E-state index is 11.9. The summed E-state index contributed by atoms with van der Waals surface area (Å²) in [5.41, 5.74) is 1.97. The van der Waals surface area contributed by atoms with Crippen LogP contribution in [0.25, 0.3) is 5.57 Å². The van der Waals surface area contributed by atoms with Gasteiger partial charge in [0.1, 0.15) is 10.9 Å². The minimum atomic E-state index is -1.17. The molecule has 0 aliphatic heterocycles. The van der Waals surface area contributed by atoms with Crippen LogP contribution >= 0.6 is 11.6 Å². The molecule has 0 saturated heterocycles. The van der Waals surface area contributed by atoms with E-state index < -0.39 is 5.97 Å². The number of ether oxygens (including phenoxy) is 1. The molecule has 1 heterocycles. The van der Waals surface area contributed by atoms with Crippen LogP contribution in [0, 0.1) is 0 Å². The van der Waals surface area contributed by atoms with Crippen molar-refractivity contribution < 1.29 is 14.6 Å². The van der Waals surface area contributed by atoms with Gasteiger partial charge in [0.15, 0.2) is 0 Å². The zero-order valence-electron chi connectivity index (χ0n) is 13.1. The maximum atomic E-state index is 11.9. The summed E-state index contributed by atoms with van der Waals surface area (Å²) < 4.78 is 5.68. The summed E-state index contributed by atoms with van der Waals surface area (Å²) in [6.07, 6.45) is 1.46. The van der Waals surface area contributed by atoms with Crippen molar-refractivity contribution in [3.05, 3.63) is 101 Å². The summed E-state index contributed by atoms with van der Waals surface area (Å²) in [5.74, 6) is -1.04. The molecule has 0 atom stereocenters. The Balaban J connectivity index is 2.19. The monoisotopic (exact) mass is 351 g/mol. The van der Waals surface area contributed by atoms with E-state index in [2.05, 4.69) is 4.98 Å². The van der Waals surface area contributed by atoms with Gasteiger partial charge in [0.2, 0.25) is 5.76 Å². The SMILES string of the molecule is O=C(O)C(Oc1ccnc(Cl)c1)=C(c1ccccc1)c1ccccc1. The zero-order valence-corrected chi connectivity index (χ0v) is 13.9. The molecule has 0 aliphatic rings. The number of pyridine rings is 1.